The van der Waals surface area contributed by atoms with Crippen LogP contribution < -0.4 is 10.6 Å². The third-order valence-corrected chi connectivity index (χ3v) is 2.73. The number of carbonyl (C=O) groups is 2. The monoisotopic (exact) mass is 256 g/mol. The zero-order valence-electron chi connectivity index (χ0n) is 11.9. The molecule has 0 spiro atoms. The predicted molar refractivity (Wildman–Crippen MR) is 74.3 cm³/mol. The lowest BCUT2D eigenvalue weighted by atomic mass is 10.2. The number of nitrogens with one attached hydrogen (secondary N) is 2. The average molecular weight is 256 g/mol. The Labute approximate surface area is 111 Å². The Hall–Kier alpha value is -1.06. The fourth-order valence-electron chi connectivity index (χ4n) is 1.65. The van der Waals surface area contributed by atoms with Gasteiger partial charge in [0.25, 0.3) is 0 Å². The highest BCUT2D eigenvalue weighted by Crippen LogP contribution is 1.96. The number of rotatable bonds is 11. The Morgan fingerprint density at radius 2 is 1.28 bits per heavy atom. The van der Waals surface area contributed by atoms with Gasteiger partial charge in [0.05, 0.1) is 0 Å². The van der Waals surface area contributed by atoms with Crippen molar-refractivity contribution in [1.82, 2.24) is 10.6 Å². The summed E-state index contributed by atoms with van der Waals surface area (Å²) in [6.45, 7) is 5.61. The Morgan fingerprint density at radius 1 is 0.722 bits per heavy atom. The van der Waals surface area contributed by atoms with E-state index in [1.54, 1.807) is 0 Å². The van der Waals surface area contributed by atoms with Crippen molar-refractivity contribution in [3.63, 3.8) is 0 Å². The zero-order chi connectivity index (χ0) is 13.6. The molecule has 0 heterocycles. The number of hydrogen-bond donors (Lipinski definition) is 2. The van der Waals surface area contributed by atoms with E-state index in [1.807, 2.05) is 6.92 Å². The standard InChI is InChI=1S/C14H28N2O2/c1-3-5-7-11-16-14(18)10-6-8-12-15-13(17)9-4-2/h3-12H2,1-2H3,(H,15,17)(H,16,18). The van der Waals surface area contributed by atoms with E-state index in [0.29, 0.717) is 19.4 Å². The van der Waals surface area contributed by atoms with Crippen LogP contribution in [0.3, 0.4) is 0 Å². The Balaban J connectivity index is 3.27. The van der Waals surface area contributed by atoms with E-state index < -0.39 is 0 Å². The van der Waals surface area contributed by atoms with Crippen LogP contribution in [0, 0.1) is 0 Å². The smallest absolute Gasteiger partial charge is 0.219 e. The second kappa shape index (κ2) is 12.4. The maximum Gasteiger partial charge on any atom is 0.219 e. The van der Waals surface area contributed by atoms with Gasteiger partial charge in [-0.05, 0) is 25.7 Å². The summed E-state index contributed by atoms with van der Waals surface area (Å²) in [5.74, 6) is 0.243. The molecule has 0 aromatic carbocycles. The molecule has 18 heavy (non-hydrogen) atoms. The van der Waals surface area contributed by atoms with Gasteiger partial charge < -0.3 is 10.6 Å². The molecule has 0 unspecified atom stereocenters. The molecule has 0 saturated heterocycles. The molecule has 2 amide bonds. The quantitative estimate of drug-likeness (QED) is 0.558. The largest absolute Gasteiger partial charge is 0.356 e. The van der Waals surface area contributed by atoms with Crippen molar-refractivity contribution in [1.29, 1.82) is 0 Å². The minimum Gasteiger partial charge on any atom is -0.356 e. The molecule has 0 radical (unpaired) electrons. The third-order valence-electron chi connectivity index (χ3n) is 2.73. The van der Waals surface area contributed by atoms with Crippen LogP contribution in [0.2, 0.25) is 0 Å². The van der Waals surface area contributed by atoms with Crippen molar-refractivity contribution in [2.45, 2.75) is 65.2 Å². The van der Waals surface area contributed by atoms with Gasteiger partial charge in [-0.3, -0.25) is 9.59 Å². The lowest BCUT2D eigenvalue weighted by molar-refractivity contribution is -0.121. The van der Waals surface area contributed by atoms with Crippen LogP contribution in [0.25, 0.3) is 0 Å². The summed E-state index contributed by atoms with van der Waals surface area (Å²) in [4.78, 5) is 22.6. The Morgan fingerprint density at radius 3 is 1.83 bits per heavy atom. The molecule has 0 aromatic heterocycles. The van der Waals surface area contributed by atoms with Gasteiger partial charge >= 0.3 is 0 Å². The predicted octanol–water partition coefficient (Wildman–Crippen LogP) is 2.38. The molecule has 2 N–H and O–H groups in total. The molecule has 0 atom stereocenters. The lowest BCUT2D eigenvalue weighted by Crippen LogP contribution is -2.26. The molecule has 0 fully saturated rings. The van der Waals surface area contributed by atoms with Crippen LogP contribution in [0.4, 0.5) is 0 Å². The number of carbonyl (C=O) groups excluding carboxylic acids is 2. The highest BCUT2D eigenvalue weighted by Gasteiger charge is 2.01. The van der Waals surface area contributed by atoms with Crippen molar-refractivity contribution < 1.29 is 9.59 Å². The molecule has 0 aromatic rings. The highest BCUT2D eigenvalue weighted by atomic mass is 16.2. The first-order valence-electron chi connectivity index (χ1n) is 7.24. The summed E-state index contributed by atoms with van der Waals surface area (Å²) in [5.41, 5.74) is 0. The van der Waals surface area contributed by atoms with Crippen LogP contribution in [-0.2, 0) is 9.59 Å². The van der Waals surface area contributed by atoms with Crippen molar-refractivity contribution in [3.05, 3.63) is 0 Å². The number of unbranched alkanes of at least 4 members (excludes halogenated alkanes) is 3. The van der Waals surface area contributed by atoms with Crippen molar-refractivity contribution in [2.75, 3.05) is 13.1 Å². The summed E-state index contributed by atoms with van der Waals surface area (Å²) in [7, 11) is 0. The molecule has 0 saturated carbocycles. The number of amides is 2. The van der Waals surface area contributed by atoms with Gasteiger partial charge in [-0.2, -0.15) is 0 Å². The third kappa shape index (κ3) is 11.4. The second-order valence-corrected chi connectivity index (χ2v) is 4.61. The Kier molecular flexibility index (Phi) is 11.7. The first-order chi connectivity index (χ1) is 8.70. The minimum absolute atomic E-state index is 0.113. The topological polar surface area (TPSA) is 58.2 Å². The van der Waals surface area contributed by atoms with E-state index in [0.717, 1.165) is 32.2 Å². The molecule has 106 valence electrons. The van der Waals surface area contributed by atoms with Crippen molar-refractivity contribution >= 4 is 11.8 Å². The van der Waals surface area contributed by atoms with Crippen LogP contribution >= 0.6 is 0 Å². The van der Waals surface area contributed by atoms with Crippen molar-refractivity contribution in [2.24, 2.45) is 0 Å². The van der Waals surface area contributed by atoms with E-state index in [4.69, 9.17) is 0 Å². The van der Waals surface area contributed by atoms with Crippen LogP contribution in [0.15, 0.2) is 0 Å². The molecular formula is C14H28N2O2. The van der Waals surface area contributed by atoms with E-state index in [9.17, 15) is 9.59 Å². The summed E-state index contributed by atoms with van der Waals surface area (Å²) in [6.07, 6.45) is 7.16. The lowest BCUT2D eigenvalue weighted by Gasteiger charge is -2.05. The van der Waals surface area contributed by atoms with Gasteiger partial charge in [-0.15, -0.1) is 0 Å². The molecule has 4 heteroatoms. The first-order valence-corrected chi connectivity index (χ1v) is 7.24. The molecule has 4 nitrogen and oxygen atoms in total. The Bertz CT molecular complexity index is 230. The molecular weight excluding hydrogens is 228 g/mol. The summed E-state index contributed by atoms with van der Waals surface area (Å²) < 4.78 is 0. The van der Waals surface area contributed by atoms with E-state index in [1.165, 1.54) is 12.8 Å². The molecule has 0 aliphatic carbocycles. The van der Waals surface area contributed by atoms with Crippen LogP contribution in [0.1, 0.15) is 65.2 Å². The minimum atomic E-state index is 0.113. The van der Waals surface area contributed by atoms with E-state index >= 15 is 0 Å². The van der Waals surface area contributed by atoms with Crippen LogP contribution in [-0.4, -0.2) is 24.9 Å². The average Bonchev–Trinajstić information content (AvgIpc) is 2.34. The van der Waals surface area contributed by atoms with E-state index in [-0.39, 0.29) is 11.8 Å². The molecule has 0 aliphatic rings. The summed E-state index contributed by atoms with van der Waals surface area (Å²) in [6, 6.07) is 0. The molecule has 0 rings (SSSR count). The highest BCUT2D eigenvalue weighted by molar-refractivity contribution is 5.76. The van der Waals surface area contributed by atoms with Gasteiger partial charge in [0.2, 0.25) is 11.8 Å². The fraction of sp³-hybridized carbons (Fsp3) is 0.857. The summed E-state index contributed by atoms with van der Waals surface area (Å²) >= 11 is 0. The number of hydrogen-bond acceptors (Lipinski definition) is 2. The second-order valence-electron chi connectivity index (χ2n) is 4.61. The van der Waals surface area contributed by atoms with Gasteiger partial charge in [-0.1, -0.05) is 26.7 Å². The maximum atomic E-state index is 11.4. The van der Waals surface area contributed by atoms with Gasteiger partial charge in [0.15, 0.2) is 0 Å². The maximum absolute atomic E-state index is 11.4. The van der Waals surface area contributed by atoms with Gasteiger partial charge in [0, 0.05) is 25.9 Å². The van der Waals surface area contributed by atoms with E-state index in [2.05, 4.69) is 17.6 Å². The zero-order valence-corrected chi connectivity index (χ0v) is 11.9. The fourth-order valence-corrected chi connectivity index (χ4v) is 1.65. The molecule has 0 aliphatic heterocycles. The van der Waals surface area contributed by atoms with Gasteiger partial charge in [-0.25, -0.2) is 0 Å². The van der Waals surface area contributed by atoms with Gasteiger partial charge in [0.1, 0.15) is 0 Å². The van der Waals surface area contributed by atoms with Crippen LogP contribution in [0.5, 0.6) is 0 Å². The summed E-state index contributed by atoms with van der Waals surface area (Å²) in [5, 5.41) is 5.76. The normalized spacial score (nSPS) is 10.1. The molecule has 0 bridgehead atoms. The first kappa shape index (κ1) is 16.9. The van der Waals surface area contributed by atoms with Crippen molar-refractivity contribution in [3.8, 4) is 0 Å². The SMILES string of the molecule is CCCCCNC(=O)CCCCNC(=O)CCC.